The van der Waals surface area contributed by atoms with Gasteiger partial charge in [-0.2, -0.15) is 4.31 Å². The van der Waals surface area contributed by atoms with E-state index >= 15 is 0 Å². The minimum absolute atomic E-state index is 0.00877. The number of benzene rings is 1. The van der Waals surface area contributed by atoms with E-state index in [0.29, 0.717) is 10.6 Å². The smallest absolute Gasteiger partial charge is 0.243 e. The van der Waals surface area contributed by atoms with Crippen LogP contribution in [0.2, 0.25) is 5.02 Å². The molecular formula is C14H20ClNO3S. The third-order valence-corrected chi connectivity index (χ3v) is 6.36. The first kappa shape index (κ1) is 15.8. The second kappa shape index (κ2) is 6.43. The van der Waals surface area contributed by atoms with Crippen molar-refractivity contribution in [2.24, 2.45) is 0 Å². The first-order valence-corrected chi connectivity index (χ1v) is 8.68. The zero-order valence-electron chi connectivity index (χ0n) is 11.5. The Morgan fingerprint density at radius 2 is 2.00 bits per heavy atom. The molecule has 1 aliphatic rings. The fourth-order valence-corrected chi connectivity index (χ4v) is 4.94. The van der Waals surface area contributed by atoms with E-state index < -0.39 is 10.0 Å². The van der Waals surface area contributed by atoms with E-state index in [-0.39, 0.29) is 24.1 Å². The molecule has 20 heavy (non-hydrogen) atoms. The molecule has 0 unspecified atom stereocenters. The zero-order chi connectivity index (χ0) is 14.8. The Hall–Kier alpha value is -0.620. The molecule has 0 aliphatic heterocycles. The second-order valence-electron chi connectivity index (χ2n) is 5.14. The largest absolute Gasteiger partial charge is 0.395 e. The lowest BCUT2D eigenvalue weighted by molar-refractivity contribution is 0.226. The van der Waals surface area contributed by atoms with Crippen LogP contribution in [0.5, 0.6) is 0 Å². The maximum absolute atomic E-state index is 12.8. The molecular weight excluding hydrogens is 298 g/mol. The van der Waals surface area contributed by atoms with E-state index in [1.54, 1.807) is 25.1 Å². The van der Waals surface area contributed by atoms with Gasteiger partial charge in [-0.25, -0.2) is 8.42 Å². The standard InChI is InChI=1S/C14H20ClNO3S/c1-11-13(15)7-4-8-14(11)20(18,19)16(9-10-17)12-5-2-3-6-12/h4,7-8,12,17H,2-3,5-6,9-10H2,1H3. The topological polar surface area (TPSA) is 57.6 Å². The predicted molar refractivity (Wildman–Crippen MR) is 79.4 cm³/mol. The fourth-order valence-electron chi connectivity index (χ4n) is 2.78. The van der Waals surface area contributed by atoms with Crippen molar-refractivity contribution in [2.45, 2.75) is 43.5 Å². The van der Waals surface area contributed by atoms with E-state index in [2.05, 4.69) is 0 Å². The van der Waals surface area contributed by atoms with Crippen molar-refractivity contribution in [2.75, 3.05) is 13.2 Å². The summed E-state index contributed by atoms with van der Waals surface area (Å²) < 4.78 is 27.1. The molecule has 0 spiro atoms. The molecule has 0 saturated heterocycles. The first-order chi connectivity index (χ1) is 9.48. The first-order valence-electron chi connectivity index (χ1n) is 6.86. The Kier molecular flexibility index (Phi) is 5.07. The summed E-state index contributed by atoms with van der Waals surface area (Å²) in [5.74, 6) is 0. The average Bonchev–Trinajstić information content (AvgIpc) is 2.92. The van der Waals surface area contributed by atoms with Gasteiger partial charge in [-0.3, -0.25) is 0 Å². The van der Waals surface area contributed by atoms with E-state index in [4.69, 9.17) is 11.6 Å². The lowest BCUT2D eigenvalue weighted by Gasteiger charge is -2.28. The van der Waals surface area contributed by atoms with Crippen LogP contribution in [0.25, 0.3) is 0 Å². The molecule has 1 aliphatic carbocycles. The van der Waals surface area contributed by atoms with Gasteiger partial charge in [0.1, 0.15) is 0 Å². The van der Waals surface area contributed by atoms with Crippen molar-refractivity contribution >= 4 is 21.6 Å². The normalized spacial score (nSPS) is 17.0. The lowest BCUT2D eigenvalue weighted by atomic mass is 10.2. The summed E-state index contributed by atoms with van der Waals surface area (Å²) in [5, 5.41) is 9.64. The van der Waals surface area contributed by atoms with Gasteiger partial charge in [0.05, 0.1) is 11.5 Å². The minimum Gasteiger partial charge on any atom is -0.395 e. The van der Waals surface area contributed by atoms with Gasteiger partial charge in [0.2, 0.25) is 10.0 Å². The molecule has 1 aromatic carbocycles. The summed E-state index contributed by atoms with van der Waals surface area (Å²) in [6, 6.07) is 4.90. The van der Waals surface area contributed by atoms with Gasteiger partial charge in [-0.05, 0) is 37.5 Å². The van der Waals surface area contributed by atoms with Crippen LogP contribution in [-0.2, 0) is 10.0 Å². The highest BCUT2D eigenvalue weighted by Crippen LogP contribution is 2.31. The average molecular weight is 318 g/mol. The number of sulfonamides is 1. The van der Waals surface area contributed by atoms with E-state index in [0.717, 1.165) is 25.7 Å². The molecule has 1 aromatic rings. The van der Waals surface area contributed by atoms with Crippen LogP contribution in [0.3, 0.4) is 0 Å². The number of hydrogen-bond donors (Lipinski definition) is 1. The van der Waals surface area contributed by atoms with Gasteiger partial charge in [0.15, 0.2) is 0 Å². The minimum atomic E-state index is -3.61. The van der Waals surface area contributed by atoms with Crippen molar-refractivity contribution < 1.29 is 13.5 Å². The third kappa shape index (κ3) is 3.01. The number of hydrogen-bond acceptors (Lipinski definition) is 3. The molecule has 0 aromatic heterocycles. The number of rotatable bonds is 5. The summed E-state index contributed by atoms with van der Waals surface area (Å²) >= 11 is 6.03. The highest BCUT2D eigenvalue weighted by atomic mass is 35.5. The molecule has 4 nitrogen and oxygen atoms in total. The molecule has 0 amide bonds. The Bertz CT molecular complexity index is 568. The maximum Gasteiger partial charge on any atom is 0.243 e. The number of nitrogens with zero attached hydrogens (tertiary/aromatic N) is 1. The Morgan fingerprint density at radius 3 is 2.60 bits per heavy atom. The van der Waals surface area contributed by atoms with Gasteiger partial charge < -0.3 is 5.11 Å². The predicted octanol–water partition coefficient (Wildman–Crippen LogP) is 2.57. The Morgan fingerprint density at radius 1 is 1.35 bits per heavy atom. The summed E-state index contributed by atoms with van der Waals surface area (Å²) in [6.07, 6.45) is 3.80. The second-order valence-corrected chi connectivity index (χ2v) is 7.41. The van der Waals surface area contributed by atoms with Crippen molar-refractivity contribution in [3.05, 3.63) is 28.8 Å². The van der Waals surface area contributed by atoms with Gasteiger partial charge in [-0.1, -0.05) is 30.5 Å². The van der Waals surface area contributed by atoms with Crippen LogP contribution in [0.15, 0.2) is 23.1 Å². The maximum atomic E-state index is 12.8. The number of aliphatic hydroxyl groups excluding tert-OH is 1. The van der Waals surface area contributed by atoms with Crippen LogP contribution < -0.4 is 0 Å². The van der Waals surface area contributed by atoms with Crippen molar-refractivity contribution in [1.82, 2.24) is 4.31 Å². The molecule has 0 atom stereocenters. The van der Waals surface area contributed by atoms with Gasteiger partial charge in [0, 0.05) is 17.6 Å². The van der Waals surface area contributed by atoms with Crippen molar-refractivity contribution in [3.8, 4) is 0 Å². The van der Waals surface area contributed by atoms with Crippen LogP contribution in [0.4, 0.5) is 0 Å². The summed E-state index contributed by atoms with van der Waals surface area (Å²) in [7, 11) is -3.61. The van der Waals surface area contributed by atoms with Crippen molar-refractivity contribution in [1.29, 1.82) is 0 Å². The lowest BCUT2D eigenvalue weighted by Crippen LogP contribution is -2.40. The van der Waals surface area contributed by atoms with Crippen LogP contribution >= 0.6 is 11.6 Å². The van der Waals surface area contributed by atoms with Gasteiger partial charge in [-0.15, -0.1) is 0 Å². The molecule has 1 N–H and O–H groups in total. The van der Waals surface area contributed by atoms with Crippen molar-refractivity contribution in [3.63, 3.8) is 0 Å². The molecule has 1 fully saturated rings. The summed E-state index contributed by atoms with van der Waals surface area (Å²) in [4.78, 5) is 0.241. The number of aliphatic hydroxyl groups is 1. The molecule has 6 heteroatoms. The Balaban J connectivity index is 2.42. The van der Waals surface area contributed by atoms with Crippen LogP contribution in [0, 0.1) is 6.92 Å². The van der Waals surface area contributed by atoms with E-state index in [1.807, 2.05) is 0 Å². The monoisotopic (exact) mass is 317 g/mol. The molecule has 112 valence electrons. The van der Waals surface area contributed by atoms with Crippen LogP contribution in [0.1, 0.15) is 31.2 Å². The fraction of sp³-hybridized carbons (Fsp3) is 0.571. The zero-order valence-corrected chi connectivity index (χ0v) is 13.1. The highest BCUT2D eigenvalue weighted by molar-refractivity contribution is 7.89. The van der Waals surface area contributed by atoms with Crippen LogP contribution in [-0.4, -0.2) is 37.0 Å². The summed E-state index contributed by atoms with van der Waals surface area (Å²) in [5.41, 5.74) is 0.565. The molecule has 0 bridgehead atoms. The van der Waals surface area contributed by atoms with E-state index in [1.165, 1.54) is 4.31 Å². The third-order valence-electron chi connectivity index (χ3n) is 3.86. The van der Waals surface area contributed by atoms with E-state index in [9.17, 15) is 13.5 Å². The molecule has 0 heterocycles. The molecule has 1 saturated carbocycles. The highest BCUT2D eigenvalue weighted by Gasteiger charge is 2.33. The molecule has 0 radical (unpaired) electrons. The SMILES string of the molecule is Cc1c(Cl)cccc1S(=O)(=O)N(CCO)C1CCCC1. The summed E-state index contributed by atoms with van der Waals surface area (Å²) in [6.45, 7) is 1.68. The quantitative estimate of drug-likeness (QED) is 0.908. The number of halogens is 1. The van der Waals surface area contributed by atoms with Gasteiger partial charge >= 0.3 is 0 Å². The van der Waals surface area contributed by atoms with Gasteiger partial charge in [0.25, 0.3) is 0 Å². The molecule has 2 rings (SSSR count). The Labute approximate surface area is 125 Å².